The number of aromatic nitrogens is 1. The Kier molecular flexibility index (Phi) is 4.72. The molecule has 1 fully saturated rings. The van der Waals surface area contributed by atoms with Crippen LogP contribution in [0.15, 0.2) is 0 Å². The van der Waals surface area contributed by atoms with Crippen LogP contribution in [0, 0.1) is 0 Å². The van der Waals surface area contributed by atoms with Gasteiger partial charge in [-0.15, -0.1) is 0 Å². The van der Waals surface area contributed by atoms with Crippen LogP contribution in [0.4, 0.5) is 5.13 Å². The Bertz CT molecular complexity index is 406. The number of nitrogens with zero attached hydrogens (tertiary/aromatic N) is 2. The maximum absolute atomic E-state index is 11.1. The summed E-state index contributed by atoms with van der Waals surface area (Å²) in [6, 6.07) is 0.388. The van der Waals surface area contributed by atoms with E-state index in [0.717, 1.165) is 61.0 Å². The molecule has 1 saturated heterocycles. The smallest absolute Gasteiger partial charge is 0.186 e. The third-order valence-electron chi connectivity index (χ3n) is 3.25. The van der Waals surface area contributed by atoms with Gasteiger partial charge in [-0.25, -0.2) is 4.98 Å². The number of thiazole rings is 1. The highest BCUT2D eigenvalue weighted by Gasteiger charge is 2.25. The third kappa shape index (κ3) is 2.72. The molecule has 2 heterocycles. The largest absolute Gasteiger partial charge is 0.377 e. The zero-order chi connectivity index (χ0) is 13.0. The minimum atomic E-state index is 0.388. The van der Waals surface area contributed by atoms with Crippen LogP contribution in [0.25, 0.3) is 0 Å². The highest BCUT2D eigenvalue weighted by Crippen LogP contribution is 2.29. The van der Waals surface area contributed by atoms with Gasteiger partial charge in [0, 0.05) is 6.54 Å². The average molecular weight is 268 g/mol. The second-order valence-corrected chi connectivity index (χ2v) is 5.51. The molecule has 0 aliphatic carbocycles. The van der Waals surface area contributed by atoms with Crippen LogP contribution in [-0.2, 0) is 11.2 Å². The molecule has 4 nitrogen and oxygen atoms in total. The summed E-state index contributed by atoms with van der Waals surface area (Å²) in [5, 5.41) is 0.982. The van der Waals surface area contributed by atoms with Crippen LogP contribution in [0.2, 0.25) is 0 Å². The minimum Gasteiger partial charge on any atom is -0.377 e. The number of aryl methyl sites for hydroxylation is 1. The molecule has 0 radical (unpaired) electrons. The van der Waals surface area contributed by atoms with Gasteiger partial charge in [0.05, 0.1) is 29.8 Å². The Morgan fingerprint density at radius 3 is 3.06 bits per heavy atom. The van der Waals surface area contributed by atoms with Gasteiger partial charge in [0.25, 0.3) is 0 Å². The van der Waals surface area contributed by atoms with E-state index in [1.54, 1.807) is 0 Å². The number of hydrogen-bond donors (Lipinski definition) is 0. The summed E-state index contributed by atoms with van der Waals surface area (Å²) < 4.78 is 5.50. The molecule has 0 spiro atoms. The lowest BCUT2D eigenvalue weighted by Crippen LogP contribution is -2.45. The van der Waals surface area contributed by atoms with Gasteiger partial charge < -0.3 is 9.64 Å². The molecule has 100 valence electrons. The minimum absolute atomic E-state index is 0.388. The average Bonchev–Trinajstić information content (AvgIpc) is 2.82. The lowest BCUT2D eigenvalue weighted by atomic mass is 10.2. The van der Waals surface area contributed by atoms with Gasteiger partial charge in [0.2, 0.25) is 0 Å². The van der Waals surface area contributed by atoms with Gasteiger partial charge in [0.15, 0.2) is 11.4 Å². The SMILES string of the molecule is CCCc1nc(N2CCOCC2CC)sc1C=O. The number of hydrogen-bond acceptors (Lipinski definition) is 5. The normalized spacial score (nSPS) is 20.1. The molecule has 0 saturated carbocycles. The summed E-state index contributed by atoms with van der Waals surface area (Å²) >= 11 is 1.52. The van der Waals surface area contributed by atoms with Gasteiger partial charge >= 0.3 is 0 Å². The van der Waals surface area contributed by atoms with E-state index in [4.69, 9.17) is 4.74 Å². The number of anilines is 1. The van der Waals surface area contributed by atoms with E-state index in [1.807, 2.05) is 0 Å². The number of morpholine rings is 1. The van der Waals surface area contributed by atoms with E-state index in [1.165, 1.54) is 11.3 Å². The van der Waals surface area contributed by atoms with Crippen molar-refractivity contribution in [1.82, 2.24) is 4.98 Å². The molecule has 0 aromatic carbocycles. The van der Waals surface area contributed by atoms with Crippen molar-refractivity contribution in [3.8, 4) is 0 Å². The van der Waals surface area contributed by atoms with Crippen LogP contribution in [0.3, 0.4) is 0 Å². The molecule has 1 unspecified atom stereocenters. The first-order valence-electron chi connectivity index (χ1n) is 6.59. The Hall–Kier alpha value is -0.940. The highest BCUT2D eigenvalue weighted by atomic mass is 32.1. The molecule has 1 aromatic rings. The third-order valence-corrected chi connectivity index (χ3v) is 4.31. The van der Waals surface area contributed by atoms with Gasteiger partial charge in [-0.3, -0.25) is 4.79 Å². The van der Waals surface area contributed by atoms with Gasteiger partial charge in [0.1, 0.15) is 0 Å². The van der Waals surface area contributed by atoms with Crippen LogP contribution in [0.1, 0.15) is 42.1 Å². The fourth-order valence-corrected chi connectivity index (χ4v) is 3.25. The van der Waals surface area contributed by atoms with Gasteiger partial charge in [-0.05, 0) is 12.8 Å². The number of ether oxygens (including phenoxy) is 1. The van der Waals surface area contributed by atoms with Gasteiger partial charge in [-0.1, -0.05) is 31.6 Å². The Labute approximate surface area is 112 Å². The molecule has 18 heavy (non-hydrogen) atoms. The fourth-order valence-electron chi connectivity index (χ4n) is 2.23. The zero-order valence-corrected chi connectivity index (χ0v) is 11.8. The van der Waals surface area contributed by atoms with E-state index in [0.29, 0.717) is 6.04 Å². The molecule has 0 bridgehead atoms. The first-order chi connectivity index (χ1) is 8.80. The maximum atomic E-state index is 11.1. The van der Waals surface area contributed by atoms with Crippen LogP contribution < -0.4 is 4.90 Å². The van der Waals surface area contributed by atoms with Gasteiger partial charge in [-0.2, -0.15) is 0 Å². The summed E-state index contributed by atoms with van der Waals surface area (Å²) in [6.45, 7) is 6.64. The van der Waals surface area contributed by atoms with E-state index in [-0.39, 0.29) is 0 Å². The van der Waals surface area contributed by atoms with E-state index in [9.17, 15) is 4.79 Å². The van der Waals surface area contributed by atoms with E-state index < -0.39 is 0 Å². The van der Waals surface area contributed by atoms with Crippen LogP contribution in [-0.4, -0.2) is 37.1 Å². The van der Waals surface area contributed by atoms with Crippen molar-refractivity contribution in [1.29, 1.82) is 0 Å². The van der Waals surface area contributed by atoms with Crippen molar-refractivity contribution in [2.45, 2.75) is 39.2 Å². The summed E-state index contributed by atoms with van der Waals surface area (Å²) in [4.78, 5) is 18.8. The monoisotopic (exact) mass is 268 g/mol. The van der Waals surface area contributed by atoms with Crippen LogP contribution in [0.5, 0.6) is 0 Å². The predicted molar refractivity (Wildman–Crippen MR) is 73.7 cm³/mol. The van der Waals surface area contributed by atoms with Crippen molar-refractivity contribution in [3.05, 3.63) is 10.6 Å². The summed E-state index contributed by atoms with van der Waals surface area (Å²) in [5.74, 6) is 0. The lowest BCUT2D eigenvalue weighted by molar-refractivity contribution is 0.0929. The molecular weight excluding hydrogens is 248 g/mol. The molecule has 5 heteroatoms. The first-order valence-corrected chi connectivity index (χ1v) is 7.41. The molecule has 2 rings (SSSR count). The zero-order valence-electron chi connectivity index (χ0n) is 11.0. The summed E-state index contributed by atoms with van der Waals surface area (Å²) in [6.07, 6.45) is 3.88. The molecule has 1 aliphatic heterocycles. The molecule has 1 aromatic heterocycles. The Balaban J connectivity index is 2.23. The first kappa shape index (κ1) is 13.5. The van der Waals surface area contributed by atoms with Crippen LogP contribution >= 0.6 is 11.3 Å². The number of rotatable bonds is 5. The number of aldehydes is 1. The van der Waals surface area contributed by atoms with E-state index >= 15 is 0 Å². The van der Waals surface area contributed by atoms with Crippen molar-refractivity contribution in [2.75, 3.05) is 24.7 Å². The summed E-state index contributed by atoms with van der Waals surface area (Å²) in [7, 11) is 0. The maximum Gasteiger partial charge on any atom is 0.186 e. The second kappa shape index (κ2) is 6.29. The number of carbonyl (C=O) groups excluding carboxylic acids is 1. The van der Waals surface area contributed by atoms with Crippen molar-refractivity contribution in [3.63, 3.8) is 0 Å². The lowest BCUT2D eigenvalue weighted by Gasteiger charge is -2.34. The molecule has 1 atom stereocenters. The fraction of sp³-hybridized carbons (Fsp3) is 0.692. The quantitative estimate of drug-likeness (QED) is 0.770. The standard InChI is InChI=1S/C13H20N2O2S/c1-3-5-11-12(8-16)18-13(14-11)15-6-7-17-9-10(15)4-2/h8,10H,3-7,9H2,1-2H3. The molecule has 1 aliphatic rings. The highest BCUT2D eigenvalue weighted by molar-refractivity contribution is 7.17. The van der Waals surface area contributed by atoms with E-state index in [2.05, 4.69) is 23.7 Å². The molecular formula is C13H20N2O2S. The number of carbonyl (C=O) groups is 1. The Morgan fingerprint density at radius 1 is 1.56 bits per heavy atom. The van der Waals surface area contributed by atoms with Crippen molar-refractivity contribution < 1.29 is 9.53 Å². The second-order valence-electron chi connectivity index (χ2n) is 4.51. The van der Waals surface area contributed by atoms with Crippen molar-refractivity contribution >= 4 is 22.8 Å². The summed E-state index contributed by atoms with van der Waals surface area (Å²) in [5.41, 5.74) is 0.953. The Morgan fingerprint density at radius 2 is 2.39 bits per heavy atom. The molecule has 0 amide bonds. The topological polar surface area (TPSA) is 42.4 Å². The molecule has 0 N–H and O–H groups in total. The van der Waals surface area contributed by atoms with Crippen molar-refractivity contribution in [2.24, 2.45) is 0 Å². The predicted octanol–water partition coefficient (Wildman–Crippen LogP) is 2.52.